The van der Waals surface area contributed by atoms with Gasteiger partial charge in [0.25, 0.3) is 10.0 Å². The van der Waals surface area contributed by atoms with Crippen molar-refractivity contribution < 1.29 is 8.42 Å². The van der Waals surface area contributed by atoms with Gasteiger partial charge in [0.2, 0.25) is 0 Å². The van der Waals surface area contributed by atoms with E-state index in [-0.39, 0.29) is 0 Å². The lowest BCUT2D eigenvalue weighted by Crippen LogP contribution is -2.30. The lowest BCUT2D eigenvalue weighted by Gasteiger charge is -2.22. The third-order valence-electron chi connectivity index (χ3n) is 4.05. The summed E-state index contributed by atoms with van der Waals surface area (Å²) in [5.41, 5.74) is 4.56. The number of sulfonamides is 1. The molecule has 0 saturated carbocycles. The van der Waals surface area contributed by atoms with Crippen LogP contribution in [-0.2, 0) is 16.4 Å². The number of anilines is 1. The van der Waals surface area contributed by atoms with Gasteiger partial charge in [-0.3, -0.25) is 4.31 Å². The first-order chi connectivity index (χ1) is 10.3. The highest BCUT2D eigenvalue weighted by Gasteiger charge is 2.32. The van der Waals surface area contributed by atoms with Crippen molar-refractivity contribution in [1.82, 2.24) is 0 Å². The van der Waals surface area contributed by atoms with Gasteiger partial charge < -0.3 is 0 Å². The Labute approximate surface area is 140 Å². The average Bonchev–Trinajstić information content (AvgIpc) is 2.80. The van der Waals surface area contributed by atoms with Crippen LogP contribution in [0.3, 0.4) is 0 Å². The first-order valence-corrected chi connectivity index (χ1v) is 9.43. The van der Waals surface area contributed by atoms with E-state index in [0.29, 0.717) is 11.4 Å². The van der Waals surface area contributed by atoms with E-state index >= 15 is 0 Å². The van der Waals surface area contributed by atoms with Crippen LogP contribution in [0.25, 0.3) is 0 Å². The largest absolute Gasteiger partial charge is 0.266 e. The number of hydrogen-bond acceptors (Lipinski definition) is 2. The molecule has 2 aromatic carbocycles. The van der Waals surface area contributed by atoms with Crippen molar-refractivity contribution in [2.24, 2.45) is 0 Å². The maximum atomic E-state index is 13.1. The first kappa shape index (κ1) is 15.6. The van der Waals surface area contributed by atoms with E-state index in [0.717, 1.165) is 38.8 Å². The van der Waals surface area contributed by atoms with Crippen molar-refractivity contribution in [3.63, 3.8) is 0 Å². The summed E-state index contributed by atoms with van der Waals surface area (Å²) >= 11 is 3.44. The van der Waals surface area contributed by atoms with Gasteiger partial charge in [-0.15, -0.1) is 0 Å². The highest BCUT2D eigenvalue weighted by atomic mass is 79.9. The minimum Gasteiger partial charge on any atom is -0.266 e. The molecule has 3 rings (SSSR count). The fourth-order valence-electron chi connectivity index (χ4n) is 3.27. The Bertz CT molecular complexity index is 836. The summed E-state index contributed by atoms with van der Waals surface area (Å²) in [4.78, 5) is 0.439. The third kappa shape index (κ3) is 2.46. The molecule has 0 bridgehead atoms. The van der Waals surface area contributed by atoms with Gasteiger partial charge in [-0.25, -0.2) is 8.42 Å². The minimum atomic E-state index is -3.53. The zero-order valence-corrected chi connectivity index (χ0v) is 15.3. The Hall–Kier alpha value is -1.33. The Balaban J connectivity index is 2.14. The zero-order chi connectivity index (χ0) is 16.1. The standard InChI is InChI=1S/C17H18BrNO2S/c1-11-8-12(2)17(13(3)9-11)22(20,21)19-7-6-14-10-15(18)4-5-16(14)19/h4-5,8-10H,6-7H2,1-3H3. The normalized spacial score (nSPS) is 14.3. The molecule has 0 N–H and O–H groups in total. The summed E-state index contributed by atoms with van der Waals surface area (Å²) < 4.78 is 28.8. The van der Waals surface area contributed by atoms with Gasteiger partial charge in [0.05, 0.1) is 10.6 Å². The summed E-state index contributed by atoms with van der Waals surface area (Å²) in [5, 5.41) is 0. The maximum absolute atomic E-state index is 13.1. The van der Waals surface area contributed by atoms with E-state index in [1.807, 2.05) is 51.1 Å². The summed E-state index contributed by atoms with van der Waals surface area (Å²) in [6, 6.07) is 9.63. The van der Waals surface area contributed by atoms with Crippen molar-refractivity contribution in [3.05, 3.63) is 57.1 Å². The molecule has 116 valence electrons. The van der Waals surface area contributed by atoms with Crippen LogP contribution < -0.4 is 4.31 Å². The van der Waals surface area contributed by atoms with Crippen LogP contribution in [0, 0.1) is 20.8 Å². The van der Waals surface area contributed by atoms with E-state index in [9.17, 15) is 8.42 Å². The van der Waals surface area contributed by atoms with E-state index in [1.54, 1.807) is 4.31 Å². The summed E-state index contributed by atoms with van der Waals surface area (Å²) in [7, 11) is -3.53. The molecule has 0 aliphatic carbocycles. The molecular formula is C17H18BrNO2S. The third-order valence-corrected chi connectivity index (χ3v) is 6.66. The van der Waals surface area contributed by atoms with E-state index in [4.69, 9.17) is 0 Å². The van der Waals surface area contributed by atoms with Gasteiger partial charge in [-0.1, -0.05) is 33.6 Å². The highest BCUT2D eigenvalue weighted by molar-refractivity contribution is 9.10. The van der Waals surface area contributed by atoms with E-state index < -0.39 is 10.0 Å². The second-order valence-corrected chi connectivity index (χ2v) is 8.54. The van der Waals surface area contributed by atoms with Gasteiger partial charge in [0.15, 0.2) is 0 Å². The molecule has 0 aromatic heterocycles. The SMILES string of the molecule is Cc1cc(C)c(S(=O)(=O)N2CCc3cc(Br)ccc32)c(C)c1. The van der Waals surface area contributed by atoms with Crippen molar-refractivity contribution in [2.75, 3.05) is 10.8 Å². The van der Waals surface area contributed by atoms with Crippen LogP contribution >= 0.6 is 15.9 Å². The minimum absolute atomic E-state index is 0.439. The van der Waals surface area contributed by atoms with Crippen molar-refractivity contribution >= 4 is 31.6 Å². The monoisotopic (exact) mass is 379 g/mol. The molecule has 0 atom stereocenters. The molecule has 1 aliphatic heterocycles. The molecule has 1 aliphatic rings. The van der Waals surface area contributed by atoms with Gasteiger partial charge in [-0.05, 0) is 62.1 Å². The van der Waals surface area contributed by atoms with Crippen molar-refractivity contribution in [1.29, 1.82) is 0 Å². The number of fused-ring (bicyclic) bond motifs is 1. The number of benzene rings is 2. The molecule has 3 nitrogen and oxygen atoms in total. The predicted molar refractivity (Wildman–Crippen MR) is 93.0 cm³/mol. The molecule has 1 heterocycles. The molecule has 2 aromatic rings. The van der Waals surface area contributed by atoms with Crippen LogP contribution in [0.4, 0.5) is 5.69 Å². The fraction of sp³-hybridized carbons (Fsp3) is 0.294. The van der Waals surface area contributed by atoms with Gasteiger partial charge in [0.1, 0.15) is 0 Å². The smallest absolute Gasteiger partial charge is 0.264 e. The van der Waals surface area contributed by atoms with Crippen LogP contribution in [0.15, 0.2) is 39.7 Å². The molecular weight excluding hydrogens is 362 g/mol. The van der Waals surface area contributed by atoms with Crippen LogP contribution in [0.2, 0.25) is 0 Å². The van der Waals surface area contributed by atoms with Gasteiger partial charge in [0, 0.05) is 11.0 Å². The van der Waals surface area contributed by atoms with Crippen molar-refractivity contribution in [3.8, 4) is 0 Å². The molecule has 0 amide bonds. The lowest BCUT2D eigenvalue weighted by atomic mass is 10.1. The van der Waals surface area contributed by atoms with Crippen LogP contribution in [0.1, 0.15) is 22.3 Å². The lowest BCUT2D eigenvalue weighted by molar-refractivity contribution is 0.591. The first-order valence-electron chi connectivity index (χ1n) is 7.20. The molecule has 0 spiro atoms. The highest BCUT2D eigenvalue weighted by Crippen LogP contribution is 2.36. The second kappa shape index (κ2) is 5.39. The number of aryl methyl sites for hydroxylation is 3. The number of rotatable bonds is 2. The van der Waals surface area contributed by atoms with Crippen LogP contribution in [0.5, 0.6) is 0 Å². The second-order valence-electron chi connectivity index (χ2n) is 5.83. The van der Waals surface area contributed by atoms with Crippen molar-refractivity contribution in [2.45, 2.75) is 32.1 Å². The van der Waals surface area contributed by atoms with Gasteiger partial charge in [-0.2, -0.15) is 0 Å². The Kier molecular flexibility index (Phi) is 3.81. The summed E-state index contributed by atoms with van der Waals surface area (Å²) in [6.07, 6.45) is 0.748. The summed E-state index contributed by atoms with van der Waals surface area (Å²) in [5.74, 6) is 0. The molecule has 0 unspecified atom stereocenters. The van der Waals surface area contributed by atoms with E-state index in [2.05, 4.69) is 15.9 Å². The van der Waals surface area contributed by atoms with Gasteiger partial charge >= 0.3 is 0 Å². The molecule has 0 radical (unpaired) electrons. The van der Waals surface area contributed by atoms with E-state index in [1.165, 1.54) is 0 Å². The fourth-order valence-corrected chi connectivity index (χ4v) is 5.60. The molecule has 0 fully saturated rings. The average molecular weight is 380 g/mol. The number of nitrogens with zero attached hydrogens (tertiary/aromatic N) is 1. The topological polar surface area (TPSA) is 37.4 Å². The Morgan fingerprint density at radius 2 is 1.68 bits per heavy atom. The summed E-state index contributed by atoms with van der Waals surface area (Å²) in [6.45, 7) is 6.22. The zero-order valence-electron chi connectivity index (χ0n) is 12.9. The Morgan fingerprint density at radius 3 is 2.32 bits per heavy atom. The molecule has 0 saturated heterocycles. The van der Waals surface area contributed by atoms with Crippen LogP contribution in [-0.4, -0.2) is 15.0 Å². The number of halogens is 1. The molecule has 22 heavy (non-hydrogen) atoms. The Morgan fingerprint density at radius 1 is 1.05 bits per heavy atom. The maximum Gasteiger partial charge on any atom is 0.264 e. The predicted octanol–water partition coefficient (Wildman–Crippen LogP) is 4.13. The quantitative estimate of drug-likeness (QED) is 0.786. The number of hydrogen-bond donors (Lipinski definition) is 0. The molecule has 5 heteroatoms.